The predicted octanol–water partition coefficient (Wildman–Crippen LogP) is 3.63. The molecule has 0 spiro atoms. The van der Waals surface area contributed by atoms with Crippen LogP contribution >= 0.6 is 0 Å². The van der Waals surface area contributed by atoms with E-state index in [0.717, 1.165) is 17.7 Å². The number of pyridine rings is 1. The van der Waals surface area contributed by atoms with Gasteiger partial charge in [0.15, 0.2) is 11.6 Å². The van der Waals surface area contributed by atoms with Gasteiger partial charge >= 0.3 is 0 Å². The average molecular weight is 415 g/mol. The van der Waals surface area contributed by atoms with Crippen molar-refractivity contribution in [1.29, 1.82) is 0 Å². The Balaban J connectivity index is 1.65. The van der Waals surface area contributed by atoms with Crippen molar-refractivity contribution in [2.24, 2.45) is 0 Å². The van der Waals surface area contributed by atoms with E-state index in [1.165, 1.54) is 28.8 Å². The first-order chi connectivity index (χ1) is 13.9. The SMILES string of the molecule is O=S(=O)(c1cccnc1)N1C[C@H](c2ccccc2)[C@H](Nc2ccc(F)c(F)c2)C1. The van der Waals surface area contributed by atoms with E-state index in [0.29, 0.717) is 5.69 Å². The predicted molar refractivity (Wildman–Crippen MR) is 106 cm³/mol. The van der Waals surface area contributed by atoms with Crippen molar-refractivity contribution in [2.75, 3.05) is 18.4 Å². The van der Waals surface area contributed by atoms with Crippen molar-refractivity contribution in [3.63, 3.8) is 0 Å². The number of halogens is 2. The summed E-state index contributed by atoms with van der Waals surface area (Å²) in [5.74, 6) is -2.04. The largest absolute Gasteiger partial charge is 0.380 e. The summed E-state index contributed by atoms with van der Waals surface area (Å²) in [6, 6.07) is 15.9. The van der Waals surface area contributed by atoms with E-state index < -0.39 is 21.7 Å². The van der Waals surface area contributed by atoms with E-state index in [9.17, 15) is 17.2 Å². The Hall–Kier alpha value is -2.84. The van der Waals surface area contributed by atoms with Gasteiger partial charge in [-0.25, -0.2) is 17.2 Å². The average Bonchev–Trinajstić information content (AvgIpc) is 3.17. The molecule has 2 heterocycles. The minimum absolute atomic E-state index is 0.125. The van der Waals surface area contributed by atoms with Gasteiger partial charge in [-0.2, -0.15) is 4.31 Å². The first-order valence-electron chi connectivity index (χ1n) is 9.12. The molecular formula is C21H19F2N3O2S. The summed E-state index contributed by atoms with van der Waals surface area (Å²) in [4.78, 5) is 4.03. The van der Waals surface area contributed by atoms with Crippen LogP contribution in [0, 0.1) is 11.6 Å². The zero-order valence-electron chi connectivity index (χ0n) is 15.4. The van der Waals surface area contributed by atoms with Gasteiger partial charge in [0.1, 0.15) is 4.90 Å². The van der Waals surface area contributed by atoms with E-state index >= 15 is 0 Å². The molecular weight excluding hydrogens is 396 g/mol. The molecule has 29 heavy (non-hydrogen) atoms. The Morgan fingerprint density at radius 1 is 0.966 bits per heavy atom. The van der Waals surface area contributed by atoms with Crippen LogP contribution in [0.15, 0.2) is 78.0 Å². The Morgan fingerprint density at radius 3 is 2.45 bits per heavy atom. The van der Waals surface area contributed by atoms with Gasteiger partial charge in [0.25, 0.3) is 0 Å². The van der Waals surface area contributed by atoms with Crippen LogP contribution in [0.5, 0.6) is 0 Å². The van der Waals surface area contributed by atoms with E-state index in [4.69, 9.17) is 0 Å². The van der Waals surface area contributed by atoms with Gasteiger partial charge in [-0.3, -0.25) is 4.98 Å². The van der Waals surface area contributed by atoms with Gasteiger partial charge in [-0.15, -0.1) is 0 Å². The number of aromatic nitrogens is 1. The minimum Gasteiger partial charge on any atom is -0.380 e. The van der Waals surface area contributed by atoms with Crippen LogP contribution in [-0.2, 0) is 10.0 Å². The van der Waals surface area contributed by atoms with E-state index in [1.54, 1.807) is 6.07 Å². The molecule has 2 aromatic carbocycles. The summed E-state index contributed by atoms with van der Waals surface area (Å²) in [5.41, 5.74) is 1.37. The molecule has 8 heteroatoms. The summed E-state index contributed by atoms with van der Waals surface area (Å²) in [6.45, 7) is 0.457. The first kappa shape index (κ1) is 19.5. The summed E-state index contributed by atoms with van der Waals surface area (Å²) in [7, 11) is -3.72. The van der Waals surface area contributed by atoms with Crippen molar-refractivity contribution in [3.8, 4) is 0 Å². The van der Waals surface area contributed by atoms with Gasteiger partial charge in [-0.1, -0.05) is 30.3 Å². The quantitative estimate of drug-likeness (QED) is 0.691. The highest BCUT2D eigenvalue weighted by atomic mass is 32.2. The standard InChI is InChI=1S/C21H19F2N3O2S/c22-19-9-8-16(11-20(19)23)25-21-14-26(13-18(21)15-5-2-1-3-6-15)29(27,28)17-7-4-10-24-12-17/h1-12,18,21,25H,13-14H2/t18-,21-/m1/s1. The second kappa shape index (κ2) is 7.88. The van der Waals surface area contributed by atoms with E-state index in [1.807, 2.05) is 30.3 Å². The molecule has 1 aromatic heterocycles. The molecule has 0 unspecified atom stereocenters. The second-order valence-electron chi connectivity index (χ2n) is 6.91. The first-order valence-corrected chi connectivity index (χ1v) is 10.6. The monoisotopic (exact) mass is 415 g/mol. The summed E-state index contributed by atoms with van der Waals surface area (Å²) in [6.07, 6.45) is 2.84. The fourth-order valence-corrected chi connectivity index (χ4v) is 5.05. The molecule has 2 atom stereocenters. The lowest BCUT2D eigenvalue weighted by molar-refractivity contribution is 0.471. The Bertz CT molecular complexity index is 1100. The maximum Gasteiger partial charge on any atom is 0.244 e. The molecule has 150 valence electrons. The fraction of sp³-hybridized carbons (Fsp3) is 0.190. The molecule has 1 aliphatic heterocycles. The van der Waals surface area contributed by atoms with Crippen LogP contribution in [0.4, 0.5) is 14.5 Å². The third-order valence-electron chi connectivity index (χ3n) is 5.06. The molecule has 0 amide bonds. The zero-order chi connectivity index (χ0) is 20.4. The fourth-order valence-electron chi connectivity index (χ4n) is 3.60. The molecule has 0 radical (unpaired) electrons. The number of hydrogen-bond donors (Lipinski definition) is 1. The van der Waals surface area contributed by atoms with Gasteiger partial charge < -0.3 is 5.32 Å². The molecule has 0 bridgehead atoms. The zero-order valence-corrected chi connectivity index (χ0v) is 16.2. The van der Waals surface area contributed by atoms with Crippen LogP contribution in [0.3, 0.4) is 0 Å². The second-order valence-corrected chi connectivity index (χ2v) is 8.85. The number of nitrogens with one attached hydrogen (secondary N) is 1. The van der Waals surface area contributed by atoms with E-state index in [-0.39, 0.29) is 29.9 Å². The molecule has 0 saturated carbocycles. The number of rotatable bonds is 5. The molecule has 1 aliphatic rings. The van der Waals surface area contributed by atoms with Crippen LogP contribution in [0.2, 0.25) is 0 Å². The molecule has 4 rings (SSSR count). The number of hydrogen-bond acceptors (Lipinski definition) is 4. The Morgan fingerprint density at radius 2 is 1.76 bits per heavy atom. The number of benzene rings is 2. The lowest BCUT2D eigenvalue weighted by Crippen LogP contribution is -2.32. The topological polar surface area (TPSA) is 62.3 Å². The van der Waals surface area contributed by atoms with Gasteiger partial charge in [-0.05, 0) is 29.8 Å². The van der Waals surface area contributed by atoms with Gasteiger partial charge in [0.2, 0.25) is 10.0 Å². The van der Waals surface area contributed by atoms with Crippen LogP contribution < -0.4 is 5.32 Å². The summed E-state index contributed by atoms with van der Waals surface area (Å²) >= 11 is 0. The minimum atomic E-state index is -3.72. The van der Waals surface area contributed by atoms with Crippen molar-refractivity contribution >= 4 is 15.7 Å². The Labute approximate surface area is 168 Å². The summed E-state index contributed by atoms with van der Waals surface area (Å²) in [5, 5.41) is 3.18. The normalized spacial score (nSPS) is 19.9. The van der Waals surface area contributed by atoms with Crippen molar-refractivity contribution in [3.05, 3.63) is 90.3 Å². The molecule has 5 nitrogen and oxygen atoms in total. The molecule has 1 N–H and O–H groups in total. The lowest BCUT2D eigenvalue weighted by atomic mass is 9.94. The lowest BCUT2D eigenvalue weighted by Gasteiger charge is -2.21. The third-order valence-corrected chi connectivity index (χ3v) is 6.87. The van der Waals surface area contributed by atoms with Gasteiger partial charge in [0.05, 0.1) is 0 Å². The molecule has 0 aliphatic carbocycles. The highest BCUT2D eigenvalue weighted by molar-refractivity contribution is 7.89. The smallest absolute Gasteiger partial charge is 0.244 e. The molecule has 1 fully saturated rings. The van der Waals surface area contributed by atoms with Crippen LogP contribution in [0.1, 0.15) is 11.5 Å². The molecule has 1 saturated heterocycles. The van der Waals surface area contributed by atoms with Crippen molar-refractivity contribution < 1.29 is 17.2 Å². The van der Waals surface area contributed by atoms with Crippen molar-refractivity contribution in [2.45, 2.75) is 16.9 Å². The maximum absolute atomic E-state index is 13.6. The molecule has 3 aromatic rings. The highest BCUT2D eigenvalue weighted by Crippen LogP contribution is 2.33. The van der Waals surface area contributed by atoms with E-state index in [2.05, 4.69) is 10.3 Å². The third kappa shape index (κ3) is 3.99. The van der Waals surface area contributed by atoms with Crippen LogP contribution in [-0.4, -0.2) is 36.8 Å². The summed E-state index contributed by atoms with van der Waals surface area (Å²) < 4.78 is 54.4. The number of nitrogens with zero attached hydrogens (tertiary/aromatic N) is 2. The Kier molecular flexibility index (Phi) is 5.29. The van der Waals surface area contributed by atoms with Crippen LogP contribution in [0.25, 0.3) is 0 Å². The highest BCUT2D eigenvalue weighted by Gasteiger charge is 2.40. The maximum atomic E-state index is 13.6. The number of anilines is 1. The van der Waals surface area contributed by atoms with Gasteiger partial charge in [0, 0.05) is 49.2 Å². The number of sulfonamides is 1. The van der Waals surface area contributed by atoms with Crippen molar-refractivity contribution in [1.82, 2.24) is 9.29 Å².